The molecular formula is C103H138N12O6. The van der Waals surface area contributed by atoms with Crippen molar-refractivity contribution in [2.45, 2.75) is 286 Å². The van der Waals surface area contributed by atoms with Crippen molar-refractivity contribution < 1.29 is 27.8 Å². The molecule has 646 valence electrons. The summed E-state index contributed by atoms with van der Waals surface area (Å²) in [4.78, 5) is 52.0. The summed E-state index contributed by atoms with van der Waals surface area (Å²) in [6.07, 6.45) is 69.8. The number of carbonyl (C=O) groups is 2. The standard InChI is InChI=1S/4C10H13N.2C9H12N2.C9H15NO.3C9H11NO.C9H14O2/c1-5-9-6-8(7-11-9)10(2,3)4;2*1-5-9-8(6-7-11-9)10(2,3)4;1-5-8-6-7-9(11-8)10(2,3)4;1-5-8-10-6-7(11-8)9(2,3)4;1-5-7-6-8(11-10-7)9(2,3)4;1-9(2,3)10-7-5-4-6-8(10)11;1-5-8-10-7(6-11-8)9(2,3)4;1-5-8-7(6-11-10-8)9(2,3)4;1-5-7-6-8(11-10-7)9(2,3)4;1-9(2,3)7-5-4-6-8(10)11-7/h3*1,6H,7H2,2-4H3;1,7H,6H2,2-4H3;2*1,6H,2-4H3,(H,10,11);4,6H,5,7H2,1-3H3;3*1,6H,2-4H3;4,6-7H,5H2,1-3H3. The van der Waals surface area contributed by atoms with Gasteiger partial charge in [-0.15, -0.1) is 57.8 Å². The van der Waals surface area contributed by atoms with Crippen LogP contribution in [0.15, 0.2) is 135 Å². The number of aliphatic imine (C=N–C) groups is 4. The number of hydrogen-bond donors (Lipinski definition) is 2. The lowest BCUT2D eigenvalue weighted by Crippen LogP contribution is -2.46. The summed E-state index contributed by atoms with van der Waals surface area (Å²) in [6.45, 7) is 72.6. The number of allylic oxidation sites excluding steroid dienone is 5. The van der Waals surface area contributed by atoms with Gasteiger partial charge < -0.3 is 28.1 Å². The normalized spacial score (nSPS) is 15.3. The topological polar surface area (TPSA) is 231 Å². The fraction of sp³-hybridized carbons (Fsp3) is 0.505. The number of esters is 1. The van der Waals surface area contributed by atoms with Crippen LogP contribution >= 0.6 is 0 Å². The largest absolute Gasteiger partial charge is 0.458 e. The van der Waals surface area contributed by atoms with E-state index in [-0.39, 0.29) is 77.7 Å². The van der Waals surface area contributed by atoms with Crippen LogP contribution < -0.4 is 0 Å². The van der Waals surface area contributed by atoms with E-state index in [1.165, 1.54) is 22.8 Å². The SMILES string of the molecule is C#CC1=NC(C(C)(C)C)=CC1.C#CC1=NCC(C(C)(C)C)=C1.C#CC1=NCC=C1C(C)(C)C.C#CC1=NCC=C1C(C)(C)C.C#Cc1cc(C(C)(C)C)n[nH]1.C#Cc1cc(C(C)(C)C)on1.C#Cc1nc(C(C)(C)C)co1.C#Cc1ncc(C(C)(C)C)[nH]1.C#Cc1nocc1C(C)(C)C.CC(C)(C)C1CC=CC(=O)O1.CC(C)(C)N1CCC=CC1=O. The van der Waals surface area contributed by atoms with Crippen LogP contribution in [0.25, 0.3) is 0 Å². The second kappa shape index (κ2) is 46.1. The second-order valence-corrected chi connectivity index (χ2v) is 40.2. The quantitative estimate of drug-likeness (QED) is 0.109. The smallest absolute Gasteiger partial charge is 0.330 e. The summed E-state index contributed by atoms with van der Waals surface area (Å²) in [5.41, 5.74) is 14.9. The summed E-state index contributed by atoms with van der Waals surface area (Å²) in [7, 11) is 0. The van der Waals surface area contributed by atoms with Gasteiger partial charge in [0.1, 0.15) is 47.2 Å². The number of nitrogens with one attached hydrogen (secondary N) is 2. The lowest BCUT2D eigenvalue weighted by atomic mass is 9.84. The highest BCUT2D eigenvalue weighted by atomic mass is 16.5. The molecule has 6 aliphatic heterocycles. The second-order valence-electron chi connectivity index (χ2n) is 40.2. The minimum atomic E-state index is -0.212. The number of terminal acetylenes is 9. The van der Waals surface area contributed by atoms with Gasteiger partial charge in [-0.05, 0) is 113 Å². The highest BCUT2D eigenvalue weighted by Crippen LogP contribution is 2.34. The van der Waals surface area contributed by atoms with Crippen LogP contribution in [-0.4, -0.2) is 113 Å². The zero-order chi connectivity index (χ0) is 93.3. The number of hydrogen-bond acceptors (Lipinski definition) is 15. The Labute approximate surface area is 728 Å². The van der Waals surface area contributed by atoms with Crippen molar-refractivity contribution in [1.29, 1.82) is 0 Å². The van der Waals surface area contributed by atoms with E-state index in [4.69, 9.17) is 76.0 Å². The molecule has 0 saturated heterocycles. The molecule has 5 aromatic rings. The molecule has 1 amide bonds. The van der Waals surface area contributed by atoms with Gasteiger partial charge in [0.2, 0.25) is 5.91 Å². The van der Waals surface area contributed by atoms with Gasteiger partial charge in [0, 0.05) is 87.3 Å². The number of rotatable bonds is 0. The number of aromatic nitrogens is 7. The first kappa shape index (κ1) is 107. The molecule has 11 heterocycles. The lowest BCUT2D eigenvalue weighted by molar-refractivity contribution is -0.149. The average molecular weight is 1640 g/mol. The molecule has 6 aliphatic rings. The summed E-state index contributed by atoms with van der Waals surface area (Å²) in [6, 6.07) is 3.69. The number of carbonyl (C=O) groups excluding carboxylic acids is 2. The third-order valence-electron chi connectivity index (χ3n) is 18.0. The van der Waals surface area contributed by atoms with Gasteiger partial charge >= 0.3 is 5.97 Å². The van der Waals surface area contributed by atoms with Crippen molar-refractivity contribution in [2.24, 2.45) is 47.0 Å². The Morgan fingerprint density at radius 1 is 0.529 bits per heavy atom. The monoisotopic (exact) mass is 1640 g/mol. The van der Waals surface area contributed by atoms with Gasteiger partial charge in [-0.3, -0.25) is 24.9 Å². The molecule has 5 aromatic heterocycles. The fourth-order valence-electron chi connectivity index (χ4n) is 10.5. The predicted molar refractivity (Wildman–Crippen MR) is 503 cm³/mol. The van der Waals surface area contributed by atoms with Gasteiger partial charge in [-0.25, -0.2) is 19.8 Å². The summed E-state index contributed by atoms with van der Waals surface area (Å²) in [5.74, 6) is 24.2. The third-order valence-corrected chi connectivity index (χ3v) is 18.0. The molecule has 0 fully saturated rings. The molecule has 0 saturated carbocycles. The number of cyclic esters (lactones) is 1. The highest BCUT2D eigenvalue weighted by molar-refractivity contribution is 6.15. The minimum absolute atomic E-state index is 0.0118. The highest BCUT2D eigenvalue weighted by Gasteiger charge is 2.31. The van der Waals surface area contributed by atoms with Crippen LogP contribution in [0.3, 0.4) is 0 Å². The predicted octanol–water partition coefficient (Wildman–Crippen LogP) is 21.2. The van der Waals surface area contributed by atoms with Crippen molar-refractivity contribution in [3.05, 3.63) is 159 Å². The Hall–Kier alpha value is -11.9. The summed E-state index contributed by atoms with van der Waals surface area (Å²) in [5, 5.41) is 14.2. The first-order chi connectivity index (χ1) is 55.4. The Kier molecular flexibility index (Phi) is 40.8. The maximum atomic E-state index is 11.3. The maximum Gasteiger partial charge on any atom is 0.330 e. The van der Waals surface area contributed by atoms with Gasteiger partial charge in [-0.1, -0.05) is 278 Å². The van der Waals surface area contributed by atoms with Gasteiger partial charge in [0.05, 0.1) is 36.7 Å². The zero-order valence-corrected chi connectivity index (χ0v) is 79.2. The molecule has 1 atom stereocenters. The van der Waals surface area contributed by atoms with E-state index >= 15 is 0 Å². The van der Waals surface area contributed by atoms with Crippen molar-refractivity contribution in [2.75, 3.05) is 26.2 Å². The van der Waals surface area contributed by atoms with Crippen molar-refractivity contribution >= 4 is 34.7 Å². The number of imidazole rings is 1. The van der Waals surface area contributed by atoms with Crippen LogP contribution in [0, 0.1) is 138 Å². The molecule has 0 bridgehead atoms. The Bertz CT molecular complexity index is 4700. The fourth-order valence-corrected chi connectivity index (χ4v) is 10.5. The molecule has 18 nitrogen and oxygen atoms in total. The van der Waals surface area contributed by atoms with Gasteiger partial charge in [0.15, 0.2) is 17.2 Å². The molecule has 1 unspecified atom stereocenters. The van der Waals surface area contributed by atoms with Crippen LogP contribution in [0.1, 0.15) is 305 Å². The van der Waals surface area contributed by atoms with Crippen LogP contribution in [-0.2, 0) is 41.4 Å². The van der Waals surface area contributed by atoms with Crippen LogP contribution in [0.5, 0.6) is 0 Å². The molecular weight excluding hydrogens is 1500 g/mol. The van der Waals surface area contributed by atoms with Crippen molar-refractivity contribution in [3.63, 3.8) is 0 Å². The number of amides is 1. The lowest BCUT2D eigenvalue weighted by Gasteiger charge is -2.36. The molecule has 0 radical (unpaired) electrons. The van der Waals surface area contributed by atoms with E-state index in [0.29, 0.717) is 23.1 Å². The molecule has 121 heavy (non-hydrogen) atoms. The average Bonchev–Trinajstić information content (AvgIpc) is 1.73. The summed E-state index contributed by atoms with van der Waals surface area (Å²) >= 11 is 0. The van der Waals surface area contributed by atoms with E-state index < -0.39 is 0 Å². The number of ether oxygens (including phenoxy) is 1. The number of H-pyrrole nitrogens is 2. The van der Waals surface area contributed by atoms with E-state index in [0.717, 1.165) is 108 Å². The van der Waals surface area contributed by atoms with E-state index in [1.807, 2.05) is 50.0 Å². The van der Waals surface area contributed by atoms with E-state index in [2.05, 4.69) is 335 Å². The third kappa shape index (κ3) is 38.8. The summed E-state index contributed by atoms with van der Waals surface area (Å²) < 4.78 is 19.9. The maximum absolute atomic E-state index is 11.3. The molecule has 0 spiro atoms. The van der Waals surface area contributed by atoms with Crippen LogP contribution in [0.4, 0.5) is 0 Å². The molecule has 0 aromatic carbocycles. The van der Waals surface area contributed by atoms with Crippen LogP contribution in [0.2, 0.25) is 0 Å². The molecule has 18 heteroatoms. The van der Waals surface area contributed by atoms with Gasteiger partial charge in [0.25, 0.3) is 5.89 Å². The number of oxazole rings is 1. The van der Waals surface area contributed by atoms with Crippen molar-refractivity contribution in [3.8, 4) is 111 Å². The van der Waals surface area contributed by atoms with E-state index in [1.54, 1.807) is 30.9 Å². The minimum Gasteiger partial charge on any atom is -0.458 e. The Morgan fingerprint density at radius 3 is 1.38 bits per heavy atom. The van der Waals surface area contributed by atoms with E-state index in [9.17, 15) is 9.59 Å². The molecule has 2 N–H and O–H groups in total. The first-order valence-corrected chi connectivity index (χ1v) is 40.5. The number of aromatic amines is 2. The Balaban J connectivity index is 0.000000665. The zero-order valence-electron chi connectivity index (χ0n) is 79.2. The molecule has 0 aliphatic carbocycles. The Morgan fingerprint density at radius 2 is 1.10 bits per heavy atom. The number of nitrogens with zero attached hydrogens (tertiary/aromatic N) is 10. The first-order valence-electron chi connectivity index (χ1n) is 40.5. The van der Waals surface area contributed by atoms with Gasteiger partial charge in [-0.2, -0.15) is 5.10 Å². The van der Waals surface area contributed by atoms with Crippen molar-refractivity contribution in [1.82, 2.24) is 40.4 Å². The molecule has 11 rings (SSSR count).